The van der Waals surface area contributed by atoms with E-state index in [9.17, 15) is 0 Å². The van der Waals surface area contributed by atoms with E-state index in [-0.39, 0.29) is 0 Å². The van der Waals surface area contributed by atoms with E-state index in [1.165, 1.54) is 0 Å². The zero-order chi connectivity index (χ0) is 10.8. The Morgan fingerprint density at radius 1 is 1.60 bits per heavy atom. The van der Waals surface area contributed by atoms with Gasteiger partial charge in [-0.15, -0.1) is 0 Å². The third-order valence-electron chi connectivity index (χ3n) is 1.96. The van der Waals surface area contributed by atoms with Crippen LogP contribution in [0.2, 0.25) is 0 Å². The van der Waals surface area contributed by atoms with Crippen LogP contribution in [-0.4, -0.2) is 15.8 Å². The quantitative estimate of drug-likeness (QED) is 0.319. The van der Waals surface area contributed by atoms with Gasteiger partial charge in [0.25, 0.3) is 0 Å². The van der Waals surface area contributed by atoms with Crippen molar-refractivity contribution in [1.29, 1.82) is 0 Å². The number of hydrogen-bond acceptors (Lipinski definition) is 3. The van der Waals surface area contributed by atoms with E-state index in [1.807, 2.05) is 18.3 Å². The Hall–Kier alpha value is -1.40. The van der Waals surface area contributed by atoms with Crippen LogP contribution in [0.5, 0.6) is 0 Å². The molecule has 0 radical (unpaired) electrons. The summed E-state index contributed by atoms with van der Waals surface area (Å²) >= 11 is 3.42. The summed E-state index contributed by atoms with van der Waals surface area (Å²) in [6.45, 7) is 1.77. The molecule has 4 N–H and O–H groups in total. The summed E-state index contributed by atoms with van der Waals surface area (Å²) in [5.74, 6) is 6.45. The van der Waals surface area contributed by atoms with Gasteiger partial charge >= 0.3 is 0 Å². The molecule has 0 bridgehead atoms. The number of aromatic nitrogens is 2. The molecule has 0 aromatic carbocycles. The number of H-pyrrole nitrogens is 1. The highest BCUT2D eigenvalue weighted by Crippen LogP contribution is 2.23. The van der Waals surface area contributed by atoms with Crippen molar-refractivity contribution >= 4 is 38.6 Å². The lowest BCUT2D eigenvalue weighted by Gasteiger charge is -1.98. The minimum Gasteiger partial charge on any atom is -0.345 e. The van der Waals surface area contributed by atoms with Crippen LogP contribution in [0.25, 0.3) is 11.0 Å². The van der Waals surface area contributed by atoms with Crippen LogP contribution in [0, 0.1) is 0 Å². The largest absolute Gasteiger partial charge is 0.345 e. The van der Waals surface area contributed by atoms with E-state index in [2.05, 4.69) is 36.3 Å². The molecule has 0 aliphatic heterocycles. The van der Waals surface area contributed by atoms with Gasteiger partial charge < -0.3 is 10.4 Å². The van der Waals surface area contributed by atoms with E-state index in [0.29, 0.717) is 11.7 Å². The molecule has 2 aromatic rings. The lowest BCUT2D eigenvalue weighted by Crippen LogP contribution is -2.27. The SMILES string of the molecule is CC(=Nc1ccc2c(Br)c[nH]c2n1)NN. The molecule has 0 aliphatic rings. The number of aromatic amines is 1. The van der Waals surface area contributed by atoms with Gasteiger partial charge in [0.05, 0.1) is 0 Å². The Morgan fingerprint density at radius 3 is 3.13 bits per heavy atom. The molecule has 0 fully saturated rings. The zero-order valence-electron chi connectivity index (χ0n) is 8.08. The van der Waals surface area contributed by atoms with E-state index < -0.39 is 0 Å². The first-order chi connectivity index (χ1) is 7.20. The molecule has 0 unspecified atom stereocenters. The maximum Gasteiger partial charge on any atom is 0.156 e. The van der Waals surface area contributed by atoms with E-state index in [1.54, 1.807) is 6.92 Å². The van der Waals surface area contributed by atoms with Crippen molar-refractivity contribution in [2.75, 3.05) is 0 Å². The van der Waals surface area contributed by atoms with Gasteiger partial charge in [-0.3, -0.25) is 0 Å². The van der Waals surface area contributed by atoms with Gasteiger partial charge in [0.15, 0.2) is 5.82 Å². The van der Waals surface area contributed by atoms with Crippen molar-refractivity contribution in [1.82, 2.24) is 15.4 Å². The standard InChI is InChI=1S/C9H10BrN5/c1-5(15-11)13-8-3-2-6-7(10)4-12-9(6)14-8/h2-4H,11H2,1H3,(H2,12,13,14,15). The number of nitrogens with two attached hydrogens (primary N) is 1. The van der Waals surface area contributed by atoms with Crippen LogP contribution in [-0.2, 0) is 0 Å². The molecule has 0 atom stereocenters. The number of hydrogen-bond donors (Lipinski definition) is 3. The second-order valence-electron chi connectivity index (χ2n) is 3.04. The van der Waals surface area contributed by atoms with Crippen LogP contribution in [0.15, 0.2) is 27.8 Å². The van der Waals surface area contributed by atoms with Crippen molar-refractivity contribution < 1.29 is 0 Å². The number of aliphatic imine (C=N–C) groups is 1. The van der Waals surface area contributed by atoms with Crippen molar-refractivity contribution in [3.63, 3.8) is 0 Å². The number of amidine groups is 1. The maximum absolute atomic E-state index is 5.21. The summed E-state index contributed by atoms with van der Waals surface area (Å²) in [4.78, 5) is 11.5. The molecular formula is C9H10BrN5. The van der Waals surface area contributed by atoms with Gasteiger partial charge in [0, 0.05) is 16.1 Å². The molecule has 15 heavy (non-hydrogen) atoms. The molecule has 0 saturated heterocycles. The van der Waals surface area contributed by atoms with Gasteiger partial charge in [0.1, 0.15) is 11.5 Å². The first kappa shape index (κ1) is 10.1. The first-order valence-electron chi connectivity index (χ1n) is 4.36. The molecule has 0 amide bonds. The topological polar surface area (TPSA) is 79.1 Å². The highest BCUT2D eigenvalue weighted by atomic mass is 79.9. The highest BCUT2D eigenvalue weighted by molar-refractivity contribution is 9.10. The average molecular weight is 268 g/mol. The molecule has 2 heterocycles. The fourth-order valence-corrected chi connectivity index (χ4v) is 1.66. The first-order valence-corrected chi connectivity index (χ1v) is 5.15. The molecule has 0 spiro atoms. The fourth-order valence-electron chi connectivity index (χ4n) is 1.23. The Balaban J connectivity index is 2.48. The molecule has 5 nitrogen and oxygen atoms in total. The lowest BCUT2D eigenvalue weighted by molar-refractivity contribution is 1.01. The van der Waals surface area contributed by atoms with Crippen LogP contribution >= 0.6 is 15.9 Å². The van der Waals surface area contributed by atoms with Crippen molar-refractivity contribution in [2.45, 2.75) is 6.92 Å². The maximum atomic E-state index is 5.21. The Labute approximate surface area is 94.9 Å². The van der Waals surface area contributed by atoms with Gasteiger partial charge in [-0.1, -0.05) is 0 Å². The average Bonchev–Trinajstić information content (AvgIpc) is 2.60. The highest BCUT2D eigenvalue weighted by Gasteiger charge is 2.02. The van der Waals surface area contributed by atoms with E-state index in [4.69, 9.17) is 5.84 Å². The Morgan fingerprint density at radius 2 is 2.40 bits per heavy atom. The van der Waals surface area contributed by atoms with Crippen LogP contribution in [0.3, 0.4) is 0 Å². The molecular weight excluding hydrogens is 258 g/mol. The third kappa shape index (κ3) is 2.00. The Kier molecular flexibility index (Phi) is 2.70. The smallest absolute Gasteiger partial charge is 0.156 e. The normalized spacial score (nSPS) is 12.1. The second-order valence-corrected chi connectivity index (χ2v) is 3.90. The molecule has 0 saturated carbocycles. The minimum absolute atomic E-state index is 0.618. The number of nitrogens with one attached hydrogen (secondary N) is 2. The monoisotopic (exact) mass is 267 g/mol. The van der Waals surface area contributed by atoms with Crippen LogP contribution < -0.4 is 11.3 Å². The number of nitrogens with zero attached hydrogens (tertiary/aromatic N) is 2. The van der Waals surface area contributed by atoms with Crippen LogP contribution in [0.4, 0.5) is 5.82 Å². The lowest BCUT2D eigenvalue weighted by atomic mass is 10.3. The number of hydrazine groups is 1. The fraction of sp³-hybridized carbons (Fsp3) is 0.111. The van der Waals surface area contributed by atoms with Crippen molar-refractivity contribution in [3.05, 3.63) is 22.8 Å². The zero-order valence-corrected chi connectivity index (χ0v) is 9.67. The summed E-state index contributed by atoms with van der Waals surface area (Å²) in [7, 11) is 0. The van der Waals surface area contributed by atoms with E-state index in [0.717, 1.165) is 15.5 Å². The van der Waals surface area contributed by atoms with Crippen LogP contribution in [0.1, 0.15) is 6.92 Å². The number of fused-ring (bicyclic) bond motifs is 1. The summed E-state index contributed by atoms with van der Waals surface area (Å²) < 4.78 is 0.995. The molecule has 6 heteroatoms. The Bertz CT molecular complexity index is 516. The summed E-state index contributed by atoms with van der Waals surface area (Å²) in [5.41, 5.74) is 3.26. The predicted octanol–water partition coefficient (Wildman–Crippen LogP) is 1.84. The summed E-state index contributed by atoms with van der Waals surface area (Å²) in [6.07, 6.45) is 1.85. The predicted molar refractivity (Wildman–Crippen MR) is 63.9 cm³/mol. The van der Waals surface area contributed by atoms with Gasteiger partial charge in [-0.05, 0) is 35.0 Å². The number of rotatable bonds is 1. The molecule has 0 aliphatic carbocycles. The van der Waals surface area contributed by atoms with E-state index >= 15 is 0 Å². The molecule has 2 rings (SSSR count). The van der Waals surface area contributed by atoms with Crippen molar-refractivity contribution in [3.8, 4) is 0 Å². The van der Waals surface area contributed by atoms with Gasteiger partial charge in [-0.25, -0.2) is 15.8 Å². The van der Waals surface area contributed by atoms with Crippen molar-refractivity contribution in [2.24, 2.45) is 10.8 Å². The minimum atomic E-state index is 0.618. The number of pyridine rings is 1. The second kappa shape index (κ2) is 4.00. The van der Waals surface area contributed by atoms with Gasteiger partial charge in [-0.2, -0.15) is 0 Å². The summed E-state index contributed by atoms with van der Waals surface area (Å²) in [5, 5.41) is 1.03. The van der Waals surface area contributed by atoms with Gasteiger partial charge in [0.2, 0.25) is 0 Å². The summed E-state index contributed by atoms with van der Waals surface area (Å²) in [6, 6.07) is 3.79. The third-order valence-corrected chi connectivity index (χ3v) is 2.62. The molecule has 78 valence electrons. The molecule has 2 aromatic heterocycles. The number of halogens is 1.